The normalized spacial score (nSPS) is 13.5. The molecular formula is C28H31NO3S2Si. The summed E-state index contributed by atoms with van der Waals surface area (Å²) in [6, 6.07) is 24.5. The van der Waals surface area contributed by atoms with Crippen molar-refractivity contribution >= 4 is 43.4 Å². The molecule has 1 N–H and O–H groups in total. The summed E-state index contributed by atoms with van der Waals surface area (Å²) in [5, 5.41) is 3.38. The number of carbonyl (C=O) groups is 1. The smallest absolute Gasteiger partial charge is 0.407 e. The van der Waals surface area contributed by atoms with Gasteiger partial charge in [-0.3, -0.25) is 0 Å². The van der Waals surface area contributed by atoms with Crippen LogP contribution in [0.2, 0.25) is 19.6 Å². The lowest BCUT2D eigenvalue weighted by Crippen LogP contribution is -2.46. The monoisotopic (exact) mass is 521 g/mol. The Balaban J connectivity index is 1.42. The van der Waals surface area contributed by atoms with E-state index >= 15 is 0 Å². The van der Waals surface area contributed by atoms with Crippen molar-refractivity contribution in [3.63, 3.8) is 0 Å². The quantitative estimate of drug-likeness (QED) is 0.193. The van der Waals surface area contributed by atoms with Gasteiger partial charge in [-0.1, -0.05) is 66.2 Å². The molecule has 1 aliphatic rings. The van der Waals surface area contributed by atoms with Crippen LogP contribution in [0.4, 0.5) is 4.79 Å². The zero-order valence-corrected chi connectivity index (χ0v) is 23.2. The molecule has 0 saturated heterocycles. The van der Waals surface area contributed by atoms with Crippen LogP contribution in [0.15, 0.2) is 77.7 Å². The Hall–Kier alpha value is -2.61. The highest BCUT2D eigenvalue weighted by Gasteiger charge is 2.30. The van der Waals surface area contributed by atoms with Gasteiger partial charge in [0.2, 0.25) is 8.32 Å². The lowest BCUT2D eigenvalue weighted by atomic mass is 9.98. The number of fused-ring (bicyclic) bond motifs is 3. The number of aryl methyl sites for hydroxylation is 1. The maximum atomic E-state index is 12.9. The molecule has 0 saturated carbocycles. The Morgan fingerprint density at radius 3 is 2.11 bits per heavy atom. The molecule has 1 unspecified atom stereocenters. The number of alkyl carbamates (subject to hydrolysis) is 1. The van der Waals surface area contributed by atoms with Crippen molar-refractivity contribution in [2.45, 2.75) is 43.4 Å². The molecule has 4 nitrogen and oxygen atoms in total. The number of nitrogens with one attached hydrogen (secondary N) is 1. The standard InChI is InChI=1S/C28H31NO3S2Si/c1-19-13-15-20(16-14-19)34-18-26(27(33)32-35(2,3)4)29-28(30)31-17-25-23-11-7-5-9-21(23)22-10-6-8-12-24(22)25/h5-16,25-26H,17-18H2,1-4H3,(H,29,30). The minimum atomic E-state index is -1.91. The van der Waals surface area contributed by atoms with Gasteiger partial charge >= 0.3 is 6.09 Å². The largest absolute Gasteiger partial charge is 0.538 e. The molecule has 3 aromatic rings. The van der Waals surface area contributed by atoms with Crippen molar-refractivity contribution in [2.24, 2.45) is 0 Å². The summed E-state index contributed by atoms with van der Waals surface area (Å²) in [4.78, 5) is 14.0. The Morgan fingerprint density at radius 1 is 0.971 bits per heavy atom. The molecular weight excluding hydrogens is 491 g/mol. The third-order valence-electron chi connectivity index (χ3n) is 5.76. The zero-order chi connectivity index (χ0) is 25.0. The first-order valence-corrected chi connectivity index (χ1v) is 16.6. The van der Waals surface area contributed by atoms with E-state index in [0.29, 0.717) is 10.8 Å². The highest BCUT2D eigenvalue weighted by atomic mass is 32.2. The molecule has 4 rings (SSSR count). The van der Waals surface area contributed by atoms with Crippen LogP contribution < -0.4 is 5.32 Å². The number of hydrogen-bond acceptors (Lipinski definition) is 5. The molecule has 0 bridgehead atoms. The molecule has 1 atom stereocenters. The maximum Gasteiger partial charge on any atom is 0.407 e. The summed E-state index contributed by atoms with van der Waals surface area (Å²) >= 11 is 7.24. The van der Waals surface area contributed by atoms with E-state index in [0.717, 1.165) is 4.90 Å². The first-order chi connectivity index (χ1) is 16.7. The van der Waals surface area contributed by atoms with E-state index in [9.17, 15) is 4.79 Å². The summed E-state index contributed by atoms with van der Waals surface area (Å²) in [6.07, 6.45) is -0.483. The van der Waals surface area contributed by atoms with Gasteiger partial charge in [-0.05, 0) is 73.2 Å². The number of thioether (sulfide) groups is 1. The molecule has 0 aromatic heterocycles. The van der Waals surface area contributed by atoms with Crippen LogP contribution in [0.3, 0.4) is 0 Å². The second-order valence-electron chi connectivity index (χ2n) is 9.68. The lowest BCUT2D eigenvalue weighted by molar-refractivity contribution is 0.141. The third-order valence-corrected chi connectivity index (χ3v) is 8.22. The van der Waals surface area contributed by atoms with E-state index in [2.05, 4.69) is 80.4 Å². The summed E-state index contributed by atoms with van der Waals surface area (Å²) < 4.78 is 11.8. The molecule has 35 heavy (non-hydrogen) atoms. The van der Waals surface area contributed by atoms with E-state index in [1.165, 1.54) is 27.8 Å². The molecule has 1 aliphatic carbocycles. The molecule has 182 valence electrons. The number of ether oxygens (including phenoxy) is 1. The fourth-order valence-corrected chi connectivity index (χ4v) is 6.80. The second kappa shape index (κ2) is 11.0. The van der Waals surface area contributed by atoms with E-state index in [1.807, 2.05) is 24.3 Å². The van der Waals surface area contributed by atoms with Gasteiger partial charge < -0.3 is 14.5 Å². The van der Waals surface area contributed by atoms with E-state index in [4.69, 9.17) is 21.4 Å². The van der Waals surface area contributed by atoms with Crippen molar-refractivity contribution in [1.82, 2.24) is 5.32 Å². The Morgan fingerprint density at radius 2 is 1.54 bits per heavy atom. The SMILES string of the molecule is Cc1ccc(SCC(NC(=O)OCC2c3ccccc3-c3ccccc32)C(=S)O[Si](C)(C)C)cc1. The van der Waals surface area contributed by atoms with Gasteiger partial charge in [0, 0.05) is 16.6 Å². The highest BCUT2D eigenvalue weighted by molar-refractivity contribution is 7.99. The van der Waals surface area contributed by atoms with Gasteiger partial charge in [0.25, 0.3) is 0 Å². The van der Waals surface area contributed by atoms with Gasteiger partial charge in [0.1, 0.15) is 12.6 Å². The van der Waals surface area contributed by atoms with Crippen LogP contribution in [-0.4, -0.2) is 37.9 Å². The molecule has 0 heterocycles. The zero-order valence-electron chi connectivity index (χ0n) is 20.5. The predicted octanol–water partition coefficient (Wildman–Crippen LogP) is 7.17. The Kier molecular flexibility index (Phi) is 7.99. The van der Waals surface area contributed by atoms with E-state index in [-0.39, 0.29) is 12.5 Å². The minimum Gasteiger partial charge on any atom is -0.538 e. The number of carbonyl (C=O) groups excluding carboxylic acids is 1. The molecule has 0 spiro atoms. The van der Waals surface area contributed by atoms with E-state index in [1.54, 1.807) is 11.8 Å². The molecule has 7 heteroatoms. The van der Waals surface area contributed by atoms with E-state index < -0.39 is 20.5 Å². The number of amides is 1. The van der Waals surface area contributed by atoms with Crippen LogP contribution in [0.25, 0.3) is 11.1 Å². The van der Waals surface area contributed by atoms with Crippen molar-refractivity contribution in [2.75, 3.05) is 12.4 Å². The van der Waals surface area contributed by atoms with Crippen LogP contribution >= 0.6 is 24.0 Å². The van der Waals surface area contributed by atoms with Crippen molar-refractivity contribution < 1.29 is 14.0 Å². The molecule has 1 amide bonds. The summed E-state index contributed by atoms with van der Waals surface area (Å²) in [5.74, 6) is 0.579. The van der Waals surface area contributed by atoms with Crippen molar-refractivity contribution in [1.29, 1.82) is 0 Å². The molecule has 3 aromatic carbocycles. The first kappa shape index (κ1) is 25.5. The van der Waals surface area contributed by atoms with Crippen molar-refractivity contribution in [3.05, 3.63) is 89.5 Å². The van der Waals surface area contributed by atoms with Gasteiger partial charge in [0.15, 0.2) is 5.05 Å². The van der Waals surface area contributed by atoms with Crippen LogP contribution in [-0.2, 0) is 9.16 Å². The number of rotatable bonds is 8. The van der Waals surface area contributed by atoms with Crippen LogP contribution in [0.5, 0.6) is 0 Å². The fourth-order valence-electron chi connectivity index (χ4n) is 4.14. The lowest BCUT2D eigenvalue weighted by Gasteiger charge is -2.26. The Labute approximate surface area is 218 Å². The number of benzene rings is 3. The maximum absolute atomic E-state index is 12.9. The van der Waals surface area contributed by atoms with Gasteiger partial charge in [-0.25, -0.2) is 4.79 Å². The second-order valence-corrected chi connectivity index (χ2v) is 15.6. The third kappa shape index (κ3) is 6.54. The predicted molar refractivity (Wildman–Crippen MR) is 151 cm³/mol. The number of thiocarbonyl (C=S) groups is 1. The minimum absolute atomic E-state index is 0.0127. The van der Waals surface area contributed by atoms with Crippen LogP contribution in [0.1, 0.15) is 22.6 Å². The fraction of sp³-hybridized carbons (Fsp3) is 0.286. The average molecular weight is 522 g/mol. The average Bonchev–Trinajstić information content (AvgIpc) is 3.14. The topological polar surface area (TPSA) is 47.6 Å². The molecule has 0 fully saturated rings. The van der Waals surface area contributed by atoms with Gasteiger partial charge in [-0.2, -0.15) is 0 Å². The van der Waals surface area contributed by atoms with Crippen molar-refractivity contribution in [3.8, 4) is 11.1 Å². The summed E-state index contributed by atoms with van der Waals surface area (Å²) in [7, 11) is -1.91. The highest BCUT2D eigenvalue weighted by Crippen LogP contribution is 2.44. The molecule has 0 aliphatic heterocycles. The summed E-state index contributed by atoms with van der Waals surface area (Å²) in [6.45, 7) is 8.57. The Bertz CT molecular complexity index is 1160. The summed E-state index contributed by atoms with van der Waals surface area (Å²) in [5.41, 5.74) is 5.99. The number of hydrogen-bond donors (Lipinski definition) is 1. The van der Waals surface area contributed by atoms with Gasteiger partial charge in [0.05, 0.1) is 0 Å². The molecule has 0 radical (unpaired) electrons. The first-order valence-electron chi connectivity index (χ1n) is 11.7. The van der Waals surface area contributed by atoms with Crippen LogP contribution in [0, 0.1) is 6.92 Å². The van der Waals surface area contributed by atoms with Gasteiger partial charge in [-0.15, -0.1) is 11.8 Å².